The van der Waals surface area contributed by atoms with Gasteiger partial charge in [0.15, 0.2) is 11.6 Å². The summed E-state index contributed by atoms with van der Waals surface area (Å²) in [6.45, 7) is 1.23. The third-order valence-corrected chi connectivity index (χ3v) is 4.12. The zero-order valence-corrected chi connectivity index (χ0v) is 13.5. The normalized spacial score (nSPS) is 15.0. The van der Waals surface area contributed by atoms with E-state index in [1.807, 2.05) is 0 Å². The molecule has 0 bridgehead atoms. The molecular formula is C19H17F2NO3. The lowest BCUT2D eigenvalue weighted by Crippen LogP contribution is -2.34. The minimum absolute atomic E-state index is 0.144. The molecule has 0 spiro atoms. The maximum absolute atomic E-state index is 13.3. The first-order valence-corrected chi connectivity index (χ1v) is 8.06. The summed E-state index contributed by atoms with van der Waals surface area (Å²) in [4.78, 5) is 26.7. The topological polar surface area (TPSA) is 46.6 Å². The van der Waals surface area contributed by atoms with Crippen molar-refractivity contribution in [2.24, 2.45) is 0 Å². The van der Waals surface area contributed by atoms with Crippen LogP contribution in [0.2, 0.25) is 0 Å². The number of hydrogen-bond donors (Lipinski definition) is 0. The van der Waals surface area contributed by atoms with Gasteiger partial charge in [-0.05, 0) is 31.0 Å². The van der Waals surface area contributed by atoms with Crippen molar-refractivity contribution < 1.29 is 23.1 Å². The molecule has 2 aromatic rings. The van der Waals surface area contributed by atoms with Crippen molar-refractivity contribution in [2.45, 2.75) is 18.9 Å². The summed E-state index contributed by atoms with van der Waals surface area (Å²) in [5, 5.41) is 0. The number of halogens is 2. The fraction of sp³-hybridized carbons (Fsp3) is 0.263. The third kappa shape index (κ3) is 3.84. The lowest BCUT2D eigenvalue weighted by molar-refractivity contribution is -0.140. The molecule has 1 aliphatic rings. The van der Waals surface area contributed by atoms with E-state index in [1.165, 1.54) is 0 Å². The molecule has 1 saturated heterocycles. The minimum atomic E-state index is -1.14. The van der Waals surface area contributed by atoms with Crippen LogP contribution in [-0.4, -0.2) is 29.9 Å². The maximum Gasteiger partial charge on any atom is 0.339 e. The van der Waals surface area contributed by atoms with Crippen molar-refractivity contribution in [1.82, 2.24) is 4.90 Å². The van der Waals surface area contributed by atoms with E-state index in [2.05, 4.69) is 0 Å². The van der Waals surface area contributed by atoms with Gasteiger partial charge in [-0.25, -0.2) is 13.6 Å². The average Bonchev–Trinajstić information content (AvgIpc) is 3.16. The Morgan fingerprint density at radius 1 is 0.960 bits per heavy atom. The second-order valence-electron chi connectivity index (χ2n) is 5.86. The molecule has 1 heterocycles. The number of ether oxygens (including phenoxy) is 1. The molecule has 25 heavy (non-hydrogen) atoms. The van der Waals surface area contributed by atoms with Gasteiger partial charge in [0, 0.05) is 18.7 Å². The number of rotatable bonds is 4. The number of hydrogen-bond acceptors (Lipinski definition) is 3. The van der Waals surface area contributed by atoms with Crippen LogP contribution in [0.1, 0.15) is 34.9 Å². The van der Waals surface area contributed by atoms with E-state index in [1.54, 1.807) is 35.2 Å². The van der Waals surface area contributed by atoms with Crippen LogP contribution in [0.15, 0.2) is 48.5 Å². The van der Waals surface area contributed by atoms with Crippen LogP contribution in [0, 0.1) is 11.6 Å². The van der Waals surface area contributed by atoms with Crippen molar-refractivity contribution in [3.8, 4) is 0 Å². The van der Waals surface area contributed by atoms with Gasteiger partial charge in [0.05, 0.1) is 5.56 Å². The smallest absolute Gasteiger partial charge is 0.339 e. The molecule has 2 aromatic carbocycles. The third-order valence-electron chi connectivity index (χ3n) is 4.12. The van der Waals surface area contributed by atoms with Gasteiger partial charge < -0.3 is 9.64 Å². The number of amides is 1. The molecule has 0 aliphatic carbocycles. The van der Waals surface area contributed by atoms with Gasteiger partial charge >= 0.3 is 5.97 Å². The lowest BCUT2D eigenvalue weighted by atomic mass is 10.1. The highest BCUT2D eigenvalue weighted by Gasteiger charge is 2.31. The predicted molar refractivity (Wildman–Crippen MR) is 86.8 cm³/mol. The Morgan fingerprint density at radius 3 is 2.28 bits per heavy atom. The highest BCUT2D eigenvalue weighted by Crippen LogP contribution is 2.24. The molecule has 1 atom stereocenters. The molecule has 0 saturated carbocycles. The van der Waals surface area contributed by atoms with Gasteiger partial charge in [-0.1, -0.05) is 30.3 Å². The van der Waals surface area contributed by atoms with Crippen molar-refractivity contribution in [1.29, 1.82) is 0 Å². The second kappa shape index (κ2) is 7.42. The number of likely N-dealkylation sites (tertiary alicyclic amines) is 1. The summed E-state index contributed by atoms with van der Waals surface area (Å²) in [5.74, 6) is -3.37. The zero-order valence-electron chi connectivity index (χ0n) is 13.5. The van der Waals surface area contributed by atoms with Crippen LogP contribution >= 0.6 is 0 Å². The monoisotopic (exact) mass is 345 g/mol. The highest BCUT2D eigenvalue weighted by atomic mass is 19.2. The minimum Gasteiger partial charge on any atom is -0.444 e. The molecule has 6 heteroatoms. The molecule has 1 amide bonds. The first kappa shape index (κ1) is 17.1. The molecule has 0 radical (unpaired) electrons. The summed E-state index contributed by atoms with van der Waals surface area (Å²) in [7, 11) is 0. The van der Waals surface area contributed by atoms with Gasteiger partial charge in [0.2, 0.25) is 6.10 Å². The van der Waals surface area contributed by atoms with E-state index >= 15 is 0 Å². The van der Waals surface area contributed by atoms with E-state index in [0.29, 0.717) is 18.7 Å². The van der Waals surface area contributed by atoms with Crippen molar-refractivity contribution >= 4 is 11.9 Å². The summed E-state index contributed by atoms with van der Waals surface area (Å²) in [5.41, 5.74) is 0.393. The Labute approximate surface area is 144 Å². The second-order valence-corrected chi connectivity index (χ2v) is 5.86. The summed E-state index contributed by atoms with van der Waals surface area (Å²) in [6, 6.07) is 11.4. The van der Waals surface area contributed by atoms with Gasteiger partial charge in [0.25, 0.3) is 5.91 Å². The molecule has 0 N–H and O–H groups in total. The first-order chi connectivity index (χ1) is 12.1. The zero-order chi connectivity index (χ0) is 17.8. The first-order valence-electron chi connectivity index (χ1n) is 8.06. The molecule has 3 rings (SSSR count). The largest absolute Gasteiger partial charge is 0.444 e. The van der Waals surface area contributed by atoms with Crippen molar-refractivity contribution in [3.05, 3.63) is 71.3 Å². The number of carbonyl (C=O) groups excluding carboxylic acids is 2. The van der Waals surface area contributed by atoms with Crippen LogP contribution in [-0.2, 0) is 9.53 Å². The summed E-state index contributed by atoms with van der Waals surface area (Å²) >= 11 is 0. The Kier molecular flexibility index (Phi) is 5.07. The number of carbonyl (C=O) groups is 2. The molecule has 0 unspecified atom stereocenters. The average molecular weight is 345 g/mol. The number of esters is 1. The molecule has 1 aliphatic heterocycles. The van der Waals surface area contributed by atoms with Crippen LogP contribution in [0.3, 0.4) is 0 Å². The molecule has 1 fully saturated rings. The molecule has 0 aromatic heterocycles. The van der Waals surface area contributed by atoms with Gasteiger partial charge in [-0.15, -0.1) is 0 Å². The SMILES string of the molecule is O=C(O[C@H](C(=O)N1CCCC1)c1ccccc1)c1ccc(F)c(F)c1. The molecular weight excluding hydrogens is 328 g/mol. The van der Waals surface area contributed by atoms with Crippen molar-refractivity contribution in [3.63, 3.8) is 0 Å². The Morgan fingerprint density at radius 2 is 1.64 bits per heavy atom. The van der Waals surface area contributed by atoms with Crippen molar-refractivity contribution in [2.75, 3.05) is 13.1 Å². The van der Waals surface area contributed by atoms with Gasteiger partial charge in [0.1, 0.15) is 0 Å². The predicted octanol–water partition coefficient (Wildman–Crippen LogP) is 3.49. The van der Waals surface area contributed by atoms with E-state index < -0.39 is 23.7 Å². The van der Waals surface area contributed by atoms with E-state index in [-0.39, 0.29) is 11.5 Å². The van der Waals surface area contributed by atoms with Crippen LogP contribution in [0.25, 0.3) is 0 Å². The Hall–Kier alpha value is -2.76. The Bertz CT molecular complexity index is 773. The van der Waals surface area contributed by atoms with Crippen LogP contribution < -0.4 is 0 Å². The quantitative estimate of drug-likeness (QED) is 0.797. The highest BCUT2D eigenvalue weighted by molar-refractivity contribution is 5.92. The van der Waals surface area contributed by atoms with Gasteiger partial charge in [-0.3, -0.25) is 4.79 Å². The standard InChI is InChI=1S/C19H17F2NO3/c20-15-9-8-14(12-16(15)21)19(24)25-17(13-6-2-1-3-7-13)18(23)22-10-4-5-11-22/h1-3,6-9,12,17H,4-5,10-11H2/t17-/m0/s1. The maximum atomic E-state index is 13.3. The van der Waals surface area contributed by atoms with Crippen LogP contribution in [0.5, 0.6) is 0 Å². The number of benzene rings is 2. The molecule has 130 valence electrons. The van der Waals surface area contributed by atoms with E-state index in [0.717, 1.165) is 31.0 Å². The van der Waals surface area contributed by atoms with E-state index in [4.69, 9.17) is 4.74 Å². The summed E-state index contributed by atoms with van der Waals surface area (Å²) in [6.07, 6.45) is 0.703. The van der Waals surface area contributed by atoms with Crippen LogP contribution in [0.4, 0.5) is 8.78 Å². The van der Waals surface area contributed by atoms with Gasteiger partial charge in [-0.2, -0.15) is 0 Å². The summed E-state index contributed by atoms with van der Waals surface area (Å²) < 4.78 is 31.8. The van der Waals surface area contributed by atoms with E-state index in [9.17, 15) is 18.4 Å². The Balaban J connectivity index is 1.85. The molecule has 4 nitrogen and oxygen atoms in total. The fourth-order valence-corrected chi connectivity index (χ4v) is 2.79. The lowest BCUT2D eigenvalue weighted by Gasteiger charge is -2.23. The fourth-order valence-electron chi connectivity index (χ4n) is 2.79. The number of nitrogens with zero attached hydrogens (tertiary/aromatic N) is 1.